The standard InChI is InChI=1S/C18H13N3OS/c22-18-13-5-1-2-6-14(13)20-17(21-18)10-12-9-16(23-11-12)15-7-3-4-8-19-15/h1-9,11H,10H2,(H,20,21,22). The Morgan fingerprint density at radius 1 is 1.09 bits per heavy atom. The van der Waals surface area contributed by atoms with Crippen molar-refractivity contribution in [1.29, 1.82) is 0 Å². The number of benzene rings is 1. The molecule has 0 radical (unpaired) electrons. The molecule has 4 aromatic rings. The average molecular weight is 319 g/mol. The van der Waals surface area contributed by atoms with Gasteiger partial charge in [0.1, 0.15) is 5.82 Å². The van der Waals surface area contributed by atoms with Crippen molar-refractivity contribution in [3.05, 3.63) is 81.8 Å². The highest BCUT2D eigenvalue weighted by molar-refractivity contribution is 7.13. The van der Waals surface area contributed by atoms with Gasteiger partial charge >= 0.3 is 0 Å². The number of fused-ring (bicyclic) bond motifs is 1. The molecule has 0 unspecified atom stereocenters. The summed E-state index contributed by atoms with van der Waals surface area (Å²) in [5.41, 5.74) is 2.72. The number of hydrogen-bond acceptors (Lipinski definition) is 4. The first kappa shape index (κ1) is 13.8. The van der Waals surface area contributed by atoms with E-state index in [1.54, 1.807) is 23.6 Å². The van der Waals surface area contributed by atoms with Gasteiger partial charge in [0.05, 0.1) is 21.5 Å². The molecule has 1 aromatic carbocycles. The molecule has 4 nitrogen and oxygen atoms in total. The summed E-state index contributed by atoms with van der Waals surface area (Å²) in [5, 5.41) is 2.70. The lowest BCUT2D eigenvalue weighted by Crippen LogP contribution is -2.11. The summed E-state index contributed by atoms with van der Waals surface area (Å²) in [6.45, 7) is 0. The average Bonchev–Trinajstić information content (AvgIpc) is 3.04. The second-order valence-electron chi connectivity index (χ2n) is 5.24. The van der Waals surface area contributed by atoms with Crippen molar-refractivity contribution in [2.24, 2.45) is 0 Å². The summed E-state index contributed by atoms with van der Waals surface area (Å²) in [6.07, 6.45) is 2.39. The highest BCUT2D eigenvalue weighted by atomic mass is 32.1. The fourth-order valence-electron chi connectivity index (χ4n) is 2.52. The van der Waals surface area contributed by atoms with Gasteiger partial charge in [-0.1, -0.05) is 18.2 Å². The van der Waals surface area contributed by atoms with Crippen LogP contribution in [0.3, 0.4) is 0 Å². The monoisotopic (exact) mass is 319 g/mol. The van der Waals surface area contributed by atoms with Gasteiger partial charge in [0, 0.05) is 12.6 Å². The highest BCUT2D eigenvalue weighted by Crippen LogP contribution is 2.26. The molecule has 0 saturated carbocycles. The predicted molar refractivity (Wildman–Crippen MR) is 92.7 cm³/mol. The Kier molecular flexibility index (Phi) is 3.48. The third-order valence-electron chi connectivity index (χ3n) is 3.60. The molecule has 1 N–H and O–H groups in total. The molecule has 0 atom stereocenters. The van der Waals surface area contributed by atoms with Crippen LogP contribution in [0.2, 0.25) is 0 Å². The van der Waals surface area contributed by atoms with Crippen LogP contribution in [0.5, 0.6) is 0 Å². The zero-order valence-electron chi connectivity index (χ0n) is 12.2. The summed E-state index contributed by atoms with van der Waals surface area (Å²) in [6, 6.07) is 15.4. The van der Waals surface area contributed by atoms with E-state index in [-0.39, 0.29) is 5.56 Å². The molecule has 3 heterocycles. The number of nitrogens with zero attached hydrogens (tertiary/aromatic N) is 2. The van der Waals surface area contributed by atoms with Crippen LogP contribution in [0.25, 0.3) is 21.5 Å². The second kappa shape index (κ2) is 5.78. The lowest BCUT2D eigenvalue weighted by atomic mass is 10.2. The van der Waals surface area contributed by atoms with E-state index >= 15 is 0 Å². The van der Waals surface area contributed by atoms with E-state index in [1.807, 2.05) is 36.4 Å². The maximum Gasteiger partial charge on any atom is 0.258 e. The normalized spacial score (nSPS) is 11.0. The largest absolute Gasteiger partial charge is 0.310 e. The van der Waals surface area contributed by atoms with E-state index in [9.17, 15) is 4.79 Å². The topological polar surface area (TPSA) is 58.6 Å². The third kappa shape index (κ3) is 2.78. The Bertz CT molecular complexity index is 1020. The van der Waals surface area contributed by atoms with Gasteiger partial charge < -0.3 is 4.98 Å². The number of H-pyrrole nitrogens is 1. The van der Waals surface area contributed by atoms with E-state index in [0.717, 1.165) is 21.7 Å². The minimum Gasteiger partial charge on any atom is -0.310 e. The lowest BCUT2D eigenvalue weighted by molar-refractivity contribution is 0.977. The Balaban J connectivity index is 1.66. The molecule has 0 spiro atoms. The van der Waals surface area contributed by atoms with Gasteiger partial charge in [-0.15, -0.1) is 11.3 Å². The van der Waals surface area contributed by atoms with Crippen LogP contribution in [0.15, 0.2) is 64.9 Å². The van der Waals surface area contributed by atoms with Crippen LogP contribution in [-0.4, -0.2) is 15.0 Å². The maximum absolute atomic E-state index is 12.1. The molecule has 23 heavy (non-hydrogen) atoms. The zero-order chi connectivity index (χ0) is 15.6. The highest BCUT2D eigenvalue weighted by Gasteiger charge is 2.07. The van der Waals surface area contributed by atoms with E-state index in [0.29, 0.717) is 17.6 Å². The van der Waals surface area contributed by atoms with Crippen LogP contribution >= 0.6 is 11.3 Å². The van der Waals surface area contributed by atoms with Crippen molar-refractivity contribution < 1.29 is 0 Å². The first-order valence-corrected chi connectivity index (χ1v) is 8.14. The van der Waals surface area contributed by atoms with E-state index in [2.05, 4.69) is 26.4 Å². The van der Waals surface area contributed by atoms with Crippen LogP contribution < -0.4 is 5.56 Å². The number of pyridine rings is 1. The number of thiophene rings is 1. The van der Waals surface area contributed by atoms with Crippen LogP contribution in [0, 0.1) is 0 Å². The predicted octanol–water partition coefficient (Wildman–Crippen LogP) is 3.64. The molecule has 0 fully saturated rings. The van der Waals surface area contributed by atoms with Crippen LogP contribution in [-0.2, 0) is 6.42 Å². The first-order valence-electron chi connectivity index (χ1n) is 7.26. The van der Waals surface area contributed by atoms with Gasteiger partial charge in [-0.3, -0.25) is 9.78 Å². The number of para-hydroxylation sites is 1. The summed E-state index contributed by atoms with van der Waals surface area (Å²) >= 11 is 1.65. The van der Waals surface area contributed by atoms with E-state index in [4.69, 9.17) is 0 Å². The number of nitrogens with one attached hydrogen (secondary N) is 1. The van der Waals surface area contributed by atoms with Crippen molar-refractivity contribution in [3.8, 4) is 10.6 Å². The lowest BCUT2D eigenvalue weighted by Gasteiger charge is -2.01. The molecule has 5 heteroatoms. The molecule has 3 aromatic heterocycles. The quantitative estimate of drug-likeness (QED) is 0.627. The fourth-order valence-corrected chi connectivity index (χ4v) is 3.41. The molecule has 4 rings (SSSR count). The molecule has 0 bridgehead atoms. The molecule has 0 aliphatic heterocycles. The van der Waals surface area contributed by atoms with E-state index < -0.39 is 0 Å². The molecule has 0 saturated heterocycles. The van der Waals surface area contributed by atoms with Gasteiger partial charge in [-0.25, -0.2) is 4.98 Å². The van der Waals surface area contributed by atoms with Crippen molar-refractivity contribution in [3.63, 3.8) is 0 Å². The minimum atomic E-state index is -0.0919. The number of hydrogen-bond donors (Lipinski definition) is 1. The Labute approximate surface area is 136 Å². The number of aromatic nitrogens is 3. The SMILES string of the molecule is O=c1[nH]c(Cc2csc(-c3ccccn3)c2)nc2ccccc12. The Hall–Kier alpha value is -2.79. The maximum atomic E-state index is 12.1. The van der Waals surface area contributed by atoms with Crippen molar-refractivity contribution in [1.82, 2.24) is 15.0 Å². The Morgan fingerprint density at radius 3 is 2.83 bits per heavy atom. The smallest absolute Gasteiger partial charge is 0.258 e. The molecule has 0 aliphatic rings. The molecular weight excluding hydrogens is 306 g/mol. The second-order valence-corrected chi connectivity index (χ2v) is 6.15. The van der Waals surface area contributed by atoms with Crippen molar-refractivity contribution in [2.75, 3.05) is 0 Å². The Morgan fingerprint density at radius 2 is 1.96 bits per heavy atom. The molecule has 112 valence electrons. The van der Waals surface area contributed by atoms with Crippen molar-refractivity contribution >= 4 is 22.2 Å². The summed E-state index contributed by atoms with van der Waals surface area (Å²) in [4.78, 5) is 25.0. The fraction of sp³-hybridized carbons (Fsp3) is 0.0556. The minimum absolute atomic E-state index is 0.0919. The third-order valence-corrected chi connectivity index (χ3v) is 4.61. The van der Waals surface area contributed by atoms with Crippen LogP contribution in [0.4, 0.5) is 0 Å². The zero-order valence-corrected chi connectivity index (χ0v) is 13.0. The number of rotatable bonds is 3. The summed E-state index contributed by atoms with van der Waals surface area (Å²) in [5.74, 6) is 0.680. The van der Waals surface area contributed by atoms with E-state index in [1.165, 1.54) is 0 Å². The van der Waals surface area contributed by atoms with Gasteiger partial charge in [0.2, 0.25) is 0 Å². The van der Waals surface area contributed by atoms with Gasteiger partial charge in [-0.2, -0.15) is 0 Å². The van der Waals surface area contributed by atoms with Gasteiger partial charge in [0.25, 0.3) is 5.56 Å². The van der Waals surface area contributed by atoms with Crippen molar-refractivity contribution in [2.45, 2.75) is 6.42 Å². The van der Waals surface area contributed by atoms with Gasteiger partial charge in [-0.05, 0) is 41.3 Å². The molecule has 0 aliphatic carbocycles. The summed E-state index contributed by atoms with van der Waals surface area (Å²) < 4.78 is 0. The summed E-state index contributed by atoms with van der Waals surface area (Å²) in [7, 11) is 0. The van der Waals surface area contributed by atoms with Gasteiger partial charge in [0.15, 0.2) is 0 Å². The number of aromatic amines is 1. The molecular formula is C18H13N3OS. The molecule has 0 amide bonds. The first-order chi connectivity index (χ1) is 11.3. The van der Waals surface area contributed by atoms with Crippen LogP contribution in [0.1, 0.15) is 11.4 Å².